The highest BCUT2D eigenvalue weighted by molar-refractivity contribution is 7.99. The minimum atomic E-state index is -0.872. The monoisotopic (exact) mass is 293 g/mol. The Balaban J connectivity index is 1.91. The zero-order valence-corrected chi connectivity index (χ0v) is 11.8. The molecule has 0 saturated heterocycles. The summed E-state index contributed by atoms with van der Waals surface area (Å²) in [6, 6.07) is 9.52. The van der Waals surface area contributed by atoms with Crippen molar-refractivity contribution in [1.29, 1.82) is 0 Å². The number of carboxylic acids is 1. The largest absolute Gasteiger partial charge is 0.492 e. The number of para-hydroxylation sites is 1. The molecule has 1 N–H and O–H groups in total. The molecule has 20 heavy (non-hydrogen) atoms. The summed E-state index contributed by atoms with van der Waals surface area (Å²) in [6.45, 7) is 2.89. The van der Waals surface area contributed by atoms with E-state index >= 15 is 0 Å². The maximum Gasteiger partial charge on any atom is 0.313 e. The summed E-state index contributed by atoms with van der Waals surface area (Å²) in [6.07, 6.45) is 0. The fourth-order valence-corrected chi connectivity index (χ4v) is 2.35. The Morgan fingerprint density at radius 3 is 2.80 bits per heavy atom. The second-order valence-electron chi connectivity index (χ2n) is 4.03. The molecule has 7 heteroatoms. The lowest BCUT2D eigenvalue weighted by Crippen LogP contribution is -2.11. The molecule has 0 spiro atoms. The Labute approximate surface area is 120 Å². The Morgan fingerprint density at radius 1 is 1.35 bits per heavy atom. The van der Waals surface area contributed by atoms with E-state index in [1.165, 1.54) is 0 Å². The number of carbonyl (C=O) groups is 1. The van der Waals surface area contributed by atoms with Crippen molar-refractivity contribution in [3.05, 3.63) is 36.2 Å². The lowest BCUT2D eigenvalue weighted by Gasteiger charge is -2.09. The minimum Gasteiger partial charge on any atom is -0.492 e. The lowest BCUT2D eigenvalue weighted by atomic mass is 10.3. The first-order valence-corrected chi connectivity index (χ1v) is 7.07. The number of benzene rings is 1. The number of aryl methyl sites for hydroxylation is 1. The summed E-state index contributed by atoms with van der Waals surface area (Å²) in [7, 11) is 0. The van der Waals surface area contributed by atoms with E-state index < -0.39 is 5.97 Å². The van der Waals surface area contributed by atoms with Crippen molar-refractivity contribution in [2.75, 3.05) is 12.4 Å². The van der Waals surface area contributed by atoms with E-state index in [1.807, 2.05) is 41.8 Å². The molecule has 0 atom stereocenters. The predicted molar refractivity (Wildman–Crippen MR) is 75.1 cm³/mol. The van der Waals surface area contributed by atoms with E-state index in [4.69, 9.17) is 9.84 Å². The van der Waals surface area contributed by atoms with Crippen LogP contribution in [-0.2, 0) is 11.3 Å². The van der Waals surface area contributed by atoms with Gasteiger partial charge in [0.25, 0.3) is 0 Å². The number of nitrogens with zero attached hydrogens (tertiary/aromatic N) is 3. The number of carboxylic acid groups (broad SMARTS) is 1. The van der Waals surface area contributed by atoms with E-state index in [0.717, 1.165) is 23.3 Å². The van der Waals surface area contributed by atoms with Crippen LogP contribution in [0.15, 0.2) is 35.5 Å². The molecule has 2 rings (SSSR count). The van der Waals surface area contributed by atoms with Crippen LogP contribution in [0.4, 0.5) is 0 Å². The molecule has 2 aromatic rings. The molecule has 1 aromatic carbocycles. The van der Waals surface area contributed by atoms with Crippen LogP contribution in [0.25, 0.3) is 0 Å². The van der Waals surface area contributed by atoms with E-state index in [1.54, 1.807) is 0 Å². The van der Waals surface area contributed by atoms with Gasteiger partial charge in [-0.25, -0.2) is 0 Å². The zero-order valence-electron chi connectivity index (χ0n) is 11.0. The molecule has 0 amide bonds. The van der Waals surface area contributed by atoms with Crippen molar-refractivity contribution >= 4 is 17.7 Å². The van der Waals surface area contributed by atoms with Crippen molar-refractivity contribution in [3.8, 4) is 5.75 Å². The third-order valence-electron chi connectivity index (χ3n) is 2.55. The zero-order chi connectivity index (χ0) is 14.4. The lowest BCUT2D eigenvalue weighted by molar-refractivity contribution is -0.133. The number of ether oxygens (including phenoxy) is 1. The molecule has 0 aliphatic carbocycles. The van der Waals surface area contributed by atoms with Gasteiger partial charge in [0.15, 0.2) is 5.16 Å². The van der Waals surface area contributed by atoms with Crippen molar-refractivity contribution in [3.63, 3.8) is 0 Å². The molecule has 0 fully saturated rings. The smallest absolute Gasteiger partial charge is 0.313 e. The number of hydrogen-bond donors (Lipinski definition) is 1. The van der Waals surface area contributed by atoms with Crippen LogP contribution in [0.2, 0.25) is 0 Å². The summed E-state index contributed by atoms with van der Waals surface area (Å²) in [5, 5.41) is 17.2. The SMILES string of the molecule is Cc1nnc(SCC(=O)O)n1CCOc1ccccc1. The first-order chi connectivity index (χ1) is 9.66. The number of aromatic nitrogens is 3. The highest BCUT2D eigenvalue weighted by Crippen LogP contribution is 2.16. The highest BCUT2D eigenvalue weighted by atomic mass is 32.2. The van der Waals surface area contributed by atoms with Crippen LogP contribution in [0.3, 0.4) is 0 Å². The third-order valence-corrected chi connectivity index (χ3v) is 3.50. The second-order valence-corrected chi connectivity index (χ2v) is 4.97. The van der Waals surface area contributed by atoms with Gasteiger partial charge in [0, 0.05) is 0 Å². The summed E-state index contributed by atoms with van der Waals surface area (Å²) in [5.41, 5.74) is 0. The van der Waals surface area contributed by atoms with Gasteiger partial charge in [-0.05, 0) is 19.1 Å². The van der Waals surface area contributed by atoms with Gasteiger partial charge in [0.1, 0.15) is 18.2 Å². The van der Waals surface area contributed by atoms with Crippen molar-refractivity contribution in [1.82, 2.24) is 14.8 Å². The average molecular weight is 293 g/mol. The topological polar surface area (TPSA) is 77.2 Å². The molecule has 0 aliphatic rings. The molecule has 6 nitrogen and oxygen atoms in total. The molecule has 0 radical (unpaired) electrons. The normalized spacial score (nSPS) is 10.4. The van der Waals surface area contributed by atoms with E-state index in [2.05, 4.69) is 10.2 Å². The van der Waals surface area contributed by atoms with Crippen molar-refractivity contribution in [2.24, 2.45) is 0 Å². The molecule has 106 valence electrons. The maximum absolute atomic E-state index is 10.6. The molecule has 1 aromatic heterocycles. The van der Waals surface area contributed by atoms with Gasteiger partial charge in [-0.3, -0.25) is 4.79 Å². The van der Waals surface area contributed by atoms with Gasteiger partial charge in [-0.15, -0.1) is 10.2 Å². The number of rotatable bonds is 7. The first kappa shape index (κ1) is 14.4. The van der Waals surface area contributed by atoms with E-state index in [0.29, 0.717) is 18.3 Å². The Morgan fingerprint density at radius 2 is 2.10 bits per heavy atom. The van der Waals surface area contributed by atoms with Crippen molar-refractivity contribution < 1.29 is 14.6 Å². The quantitative estimate of drug-likeness (QED) is 0.785. The molecule has 0 aliphatic heterocycles. The standard InChI is InChI=1S/C13H15N3O3S/c1-10-14-15-13(20-9-12(17)18)16(10)7-8-19-11-5-3-2-4-6-11/h2-6H,7-9H2,1H3,(H,17,18). The van der Waals surface area contributed by atoms with Gasteiger partial charge in [-0.2, -0.15) is 0 Å². The summed E-state index contributed by atoms with van der Waals surface area (Å²) >= 11 is 1.16. The maximum atomic E-state index is 10.6. The van der Waals surface area contributed by atoms with Crippen molar-refractivity contribution in [2.45, 2.75) is 18.6 Å². The predicted octanol–water partition coefficient (Wildman–Crippen LogP) is 1.84. The Bertz CT molecular complexity index is 571. The summed E-state index contributed by atoms with van der Waals surface area (Å²) < 4.78 is 7.47. The number of aliphatic carboxylic acids is 1. The average Bonchev–Trinajstić information content (AvgIpc) is 2.79. The summed E-state index contributed by atoms with van der Waals surface area (Å²) in [5.74, 6) is 0.646. The fourth-order valence-electron chi connectivity index (χ4n) is 1.62. The summed E-state index contributed by atoms with van der Waals surface area (Å²) in [4.78, 5) is 10.6. The van der Waals surface area contributed by atoms with Gasteiger partial charge in [0.05, 0.1) is 12.3 Å². The fraction of sp³-hybridized carbons (Fsp3) is 0.308. The van der Waals surface area contributed by atoms with Gasteiger partial charge >= 0.3 is 5.97 Å². The Hall–Kier alpha value is -2.02. The molecule has 0 unspecified atom stereocenters. The van der Waals surface area contributed by atoms with Crippen LogP contribution >= 0.6 is 11.8 Å². The highest BCUT2D eigenvalue weighted by Gasteiger charge is 2.11. The van der Waals surface area contributed by atoms with Gasteiger partial charge in [0.2, 0.25) is 0 Å². The van der Waals surface area contributed by atoms with Crippen LogP contribution in [0, 0.1) is 6.92 Å². The van der Waals surface area contributed by atoms with Crippen LogP contribution in [0.1, 0.15) is 5.82 Å². The molecule has 1 heterocycles. The first-order valence-electron chi connectivity index (χ1n) is 6.09. The van der Waals surface area contributed by atoms with E-state index in [9.17, 15) is 4.79 Å². The molecular weight excluding hydrogens is 278 g/mol. The number of hydrogen-bond acceptors (Lipinski definition) is 5. The van der Waals surface area contributed by atoms with Crippen LogP contribution in [-0.4, -0.2) is 38.2 Å². The molecule has 0 saturated carbocycles. The third kappa shape index (κ3) is 3.99. The van der Waals surface area contributed by atoms with Crippen LogP contribution in [0.5, 0.6) is 5.75 Å². The van der Waals surface area contributed by atoms with Gasteiger partial charge in [-0.1, -0.05) is 30.0 Å². The minimum absolute atomic E-state index is 0.0301. The Kier molecular flexibility index (Phi) is 5.00. The second kappa shape index (κ2) is 6.95. The molecular formula is C13H15N3O3S. The van der Waals surface area contributed by atoms with E-state index in [-0.39, 0.29) is 5.75 Å². The molecule has 0 bridgehead atoms. The number of thioether (sulfide) groups is 1. The van der Waals surface area contributed by atoms with Crippen LogP contribution < -0.4 is 4.74 Å². The van der Waals surface area contributed by atoms with Gasteiger partial charge < -0.3 is 14.4 Å².